The van der Waals surface area contributed by atoms with E-state index in [1.807, 2.05) is 17.8 Å². The molecule has 2 N–H and O–H groups in total. The third-order valence-corrected chi connectivity index (χ3v) is 3.12. The molecule has 0 bridgehead atoms. The minimum atomic E-state index is -1.03. The largest absolute Gasteiger partial charge is 0.378 e. The van der Waals surface area contributed by atoms with Gasteiger partial charge < -0.3 is 10.4 Å². The van der Waals surface area contributed by atoms with Crippen molar-refractivity contribution in [2.45, 2.75) is 39.5 Å². The summed E-state index contributed by atoms with van der Waals surface area (Å²) < 4.78 is 1.82. The van der Waals surface area contributed by atoms with Crippen molar-refractivity contribution in [2.75, 3.05) is 0 Å². The molecule has 0 aliphatic carbocycles. The number of hydrogen-bond acceptors (Lipinski definition) is 3. The lowest BCUT2D eigenvalue weighted by molar-refractivity contribution is 0.0951. The van der Waals surface area contributed by atoms with Gasteiger partial charge in [-0.15, -0.1) is 0 Å². The molecule has 0 radical (unpaired) electrons. The summed E-state index contributed by atoms with van der Waals surface area (Å²) in [5.74, 6) is 5.47. The molecule has 2 rings (SSSR count). The van der Waals surface area contributed by atoms with Crippen molar-refractivity contribution in [3.63, 3.8) is 0 Å². The number of carbonyl (C=O) groups is 1. The molecule has 0 unspecified atom stereocenters. The van der Waals surface area contributed by atoms with Crippen LogP contribution in [0.1, 0.15) is 42.3 Å². The van der Waals surface area contributed by atoms with Crippen LogP contribution >= 0.6 is 0 Å². The minimum absolute atomic E-state index is 0.142. The Labute approximate surface area is 136 Å². The van der Waals surface area contributed by atoms with Gasteiger partial charge in [0, 0.05) is 36.0 Å². The lowest BCUT2D eigenvalue weighted by atomic mass is 10.1. The first-order chi connectivity index (χ1) is 10.9. The number of aliphatic hydroxyl groups is 1. The van der Waals surface area contributed by atoms with E-state index in [-0.39, 0.29) is 5.91 Å². The summed E-state index contributed by atoms with van der Waals surface area (Å²) >= 11 is 0. The SMILES string of the molecule is CCn1cc(CNC(=O)c2ccc(C#CC(C)(C)O)cc2)cn1. The molecule has 1 aromatic heterocycles. The van der Waals surface area contributed by atoms with Crippen molar-refractivity contribution in [3.05, 3.63) is 53.3 Å². The summed E-state index contributed by atoms with van der Waals surface area (Å²) in [5, 5.41) is 16.6. The van der Waals surface area contributed by atoms with E-state index < -0.39 is 5.60 Å². The zero-order valence-electron chi connectivity index (χ0n) is 13.6. The topological polar surface area (TPSA) is 67.2 Å². The van der Waals surface area contributed by atoms with Gasteiger partial charge in [0.1, 0.15) is 5.60 Å². The maximum Gasteiger partial charge on any atom is 0.251 e. The lowest BCUT2D eigenvalue weighted by Crippen LogP contribution is -2.22. The molecular formula is C18H21N3O2. The number of carbonyl (C=O) groups excluding carboxylic acids is 1. The van der Waals surface area contributed by atoms with E-state index in [4.69, 9.17) is 0 Å². The summed E-state index contributed by atoms with van der Waals surface area (Å²) in [6, 6.07) is 6.98. The summed E-state index contributed by atoms with van der Waals surface area (Å²) in [6.07, 6.45) is 3.66. The summed E-state index contributed by atoms with van der Waals surface area (Å²) in [4.78, 5) is 12.1. The average molecular weight is 311 g/mol. The predicted molar refractivity (Wildman–Crippen MR) is 88.7 cm³/mol. The van der Waals surface area contributed by atoms with E-state index in [1.54, 1.807) is 44.3 Å². The first-order valence-electron chi connectivity index (χ1n) is 7.52. The highest BCUT2D eigenvalue weighted by Crippen LogP contribution is 2.06. The average Bonchev–Trinajstić information content (AvgIpc) is 2.98. The molecule has 23 heavy (non-hydrogen) atoms. The number of nitrogens with one attached hydrogen (secondary N) is 1. The summed E-state index contributed by atoms with van der Waals surface area (Å²) in [6.45, 7) is 6.52. The van der Waals surface area contributed by atoms with Gasteiger partial charge >= 0.3 is 0 Å². The van der Waals surface area contributed by atoms with E-state index in [9.17, 15) is 9.90 Å². The molecule has 1 amide bonds. The molecule has 1 aromatic carbocycles. The Morgan fingerprint density at radius 2 is 2.04 bits per heavy atom. The lowest BCUT2D eigenvalue weighted by Gasteiger charge is -2.06. The Hall–Kier alpha value is -2.58. The van der Waals surface area contributed by atoms with E-state index in [1.165, 1.54) is 0 Å². The van der Waals surface area contributed by atoms with Crippen LogP contribution in [0.4, 0.5) is 0 Å². The highest BCUT2D eigenvalue weighted by molar-refractivity contribution is 5.94. The standard InChI is InChI=1S/C18H21N3O2/c1-4-21-13-15(12-20-21)11-19-17(22)16-7-5-14(6-8-16)9-10-18(2,3)23/h5-8,12-13,23H,4,11H2,1-3H3,(H,19,22). The second-order valence-electron chi connectivity index (χ2n) is 5.77. The van der Waals surface area contributed by atoms with E-state index in [2.05, 4.69) is 22.3 Å². The first kappa shape index (κ1) is 16.8. The summed E-state index contributed by atoms with van der Waals surface area (Å²) in [7, 11) is 0. The van der Waals surface area contributed by atoms with Crippen molar-refractivity contribution in [1.29, 1.82) is 0 Å². The molecule has 0 saturated heterocycles. The third-order valence-electron chi connectivity index (χ3n) is 3.12. The summed E-state index contributed by atoms with van der Waals surface area (Å²) in [5.41, 5.74) is 1.27. The van der Waals surface area contributed by atoms with E-state index in [0.717, 1.165) is 17.7 Å². The van der Waals surface area contributed by atoms with Crippen molar-refractivity contribution < 1.29 is 9.90 Å². The van der Waals surface area contributed by atoms with E-state index >= 15 is 0 Å². The molecule has 5 nitrogen and oxygen atoms in total. The van der Waals surface area contributed by atoms with Gasteiger partial charge in [-0.05, 0) is 45.0 Å². The van der Waals surface area contributed by atoms with Crippen LogP contribution < -0.4 is 5.32 Å². The second-order valence-corrected chi connectivity index (χ2v) is 5.77. The van der Waals surface area contributed by atoms with Crippen molar-refractivity contribution in [1.82, 2.24) is 15.1 Å². The number of aryl methyl sites for hydroxylation is 1. The maximum absolute atomic E-state index is 12.1. The van der Waals surface area contributed by atoms with Crippen molar-refractivity contribution in [3.8, 4) is 11.8 Å². The van der Waals surface area contributed by atoms with Gasteiger partial charge in [-0.25, -0.2) is 0 Å². The van der Waals surface area contributed by atoms with Crippen LogP contribution in [0, 0.1) is 11.8 Å². The second kappa shape index (κ2) is 7.12. The smallest absolute Gasteiger partial charge is 0.251 e. The fourth-order valence-corrected chi connectivity index (χ4v) is 1.89. The van der Waals surface area contributed by atoms with Crippen LogP contribution in [0.15, 0.2) is 36.7 Å². The fraction of sp³-hybridized carbons (Fsp3) is 0.333. The van der Waals surface area contributed by atoms with Crippen molar-refractivity contribution >= 4 is 5.91 Å². The molecule has 0 atom stereocenters. The molecule has 0 fully saturated rings. The van der Waals surface area contributed by atoms with Crippen LogP contribution in [0.3, 0.4) is 0 Å². The molecule has 0 aliphatic rings. The number of hydrogen-bond donors (Lipinski definition) is 2. The fourth-order valence-electron chi connectivity index (χ4n) is 1.89. The first-order valence-corrected chi connectivity index (χ1v) is 7.52. The monoisotopic (exact) mass is 311 g/mol. The molecule has 2 aromatic rings. The Morgan fingerprint density at radius 3 is 2.61 bits per heavy atom. The highest BCUT2D eigenvalue weighted by Gasteiger charge is 2.07. The van der Waals surface area contributed by atoms with Crippen molar-refractivity contribution in [2.24, 2.45) is 0 Å². The van der Waals surface area contributed by atoms with Crippen LogP contribution in [0.2, 0.25) is 0 Å². The maximum atomic E-state index is 12.1. The van der Waals surface area contributed by atoms with Gasteiger partial charge in [0.15, 0.2) is 0 Å². The zero-order chi connectivity index (χ0) is 16.9. The number of benzene rings is 1. The van der Waals surface area contributed by atoms with Gasteiger partial charge in [-0.3, -0.25) is 9.48 Å². The van der Waals surface area contributed by atoms with Gasteiger partial charge in [-0.1, -0.05) is 11.8 Å². The van der Waals surface area contributed by atoms with Gasteiger partial charge in [-0.2, -0.15) is 5.10 Å². The van der Waals surface area contributed by atoms with Crippen LogP contribution in [0.25, 0.3) is 0 Å². The van der Waals surface area contributed by atoms with Gasteiger partial charge in [0.2, 0.25) is 0 Å². The Balaban J connectivity index is 1.95. The number of aromatic nitrogens is 2. The van der Waals surface area contributed by atoms with E-state index in [0.29, 0.717) is 12.1 Å². The Kier molecular flexibility index (Phi) is 5.20. The molecule has 0 spiro atoms. The van der Waals surface area contributed by atoms with Gasteiger partial charge in [0.05, 0.1) is 6.20 Å². The quantitative estimate of drug-likeness (QED) is 0.848. The number of rotatable bonds is 4. The highest BCUT2D eigenvalue weighted by atomic mass is 16.3. The molecule has 0 saturated carbocycles. The Bertz CT molecular complexity index is 728. The molecular weight excluding hydrogens is 290 g/mol. The zero-order valence-corrected chi connectivity index (χ0v) is 13.6. The number of nitrogens with zero attached hydrogens (tertiary/aromatic N) is 2. The number of amides is 1. The van der Waals surface area contributed by atoms with Crippen LogP contribution in [-0.2, 0) is 13.1 Å². The Morgan fingerprint density at radius 1 is 1.35 bits per heavy atom. The van der Waals surface area contributed by atoms with Gasteiger partial charge in [0.25, 0.3) is 5.91 Å². The predicted octanol–water partition coefficient (Wildman–Crippen LogP) is 1.96. The molecule has 1 heterocycles. The normalized spacial score (nSPS) is 10.8. The molecule has 0 aliphatic heterocycles. The third kappa shape index (κ3) is 5.28. The van der Waals surface area contributed by atoms with Crippen LogP contribution in [0.5, 0.6) is 0 Å². The minimum Gasteiger partial charge on any atom is -0.378 e. The van der Waals surface area contributed by atoms with Crippen LogP contribution in [-0.4, -0.2) is 26.4 Å². The molecule has 5 heteroatoms. The molecule has 120 valence electrons.